The maximum Gasteiger partial charge on any atom is 0.232 e. The van der Waals surface area contributed by atoms with E-state index in [2.05, 4.69) is 12.1 Å². The first kappa shape index (κ1) is 16.2. The normalized spacial score (nSPS) is 11.2. The van der Waals surface area contributed by atoms with Crippen molar-refractivity contribution >= 4 is 51.1 Å². The summed E-state index contributed by atoms with van der Waals surface area (Å²) < 4.78 is 1.85. The number of carbonyl (C=O) groups is 1. The Balaban J connectivity index is 1.60. The Morgan fingerprint density at radius 3 is 2.00 bits per heavy atom. The van der Waals surface area contributed by atoms with Gasteiger partial charge in [-0.3, -0.25) is 9.36 Å². The van der Waals surface area contributed by atoms with E-state index in [1.165, 1.54) is 0 Å². The third-order valence-corrected chi connectivity index (χ3v) is 5.49. The Labute approximate surface area is 155 Å². The van der Waals surface area contributed by atoms with Gasteiger partial charge >= 0.3 is 0 Å². The lowest BCUT2D eigenvalue weighted by atomic mass is 10.2. The molecular formula is C21H16ClNOS. The summed E-state index contributed by atoms with van der Waals surface area (Å²) in [4.78, 5) is 14.0. The zero-order valence-corrected chi connectivity index (χ0v) is 15.1. The first-order valence-electron chi connectivity index (χ1n) is 8.14. The van der Waals surface area contributed by atoms with E-state index >= 15 is 0 Å². The fourth-order valence-corrected chi connectivity index (χ4v) is 4.06. The van der Waals surface area contributed by atoms with E-state index in [-0.39, 0.29) is 5.91 Å². The molecule has 1 aromatic heterocycles. The molecule has 0 atom stereocenters. The van der Waals surface area contributed by atoms with Gasteiger partial charge in [-0.15, -0.1) is 11.8 Å². The predicted molar refractivity (Wildman–Crippen MR) is 107 cm³/mol. The second-order valence-electron chi connectivity index (χ2n) is 5.82. The Morgan fingerprint density at radius 1 is 0.840 bits per heavy atom. The number of aromatic nitrogens is 1. The van der Waals surface area contributed by atoms with E-state index in [0.717, 1.165) is 37.5 Å². The molecule has 0 radical (unpaired) electrons. The van der Waals surface area contributed by atoms with Crippen LogP contribution in [0.5, 0.6) is 0 Å². The molecule has 0 amide bonds. The molecular weight excluding hydrogens is 350 g/mol. The van der Waals surface area contributed by atoms with E-state index in [4.69, 9.17) is 11.6 Å². The van der Waals surface area contributed by atoms with E-state index in [9.17, 15) is 4.79 Å². The van der Waals surface area contributed by atoms with E-state index < -0.39 is 0 Å². The Hall–Kier alpha value is -2.23. The van der Waals surface area contributed by atoms with Gasteiger partial charge in [0, 0.05) is 32.9 Å². The van der Waals surface area contributed by atoms with Gasteiger partial charge in [-0.2, -0.15) is 0 Å². The van der Waals surface area contributed by atoms with Crippen molar-refractivity contribution in [2.75, 3.05) is 5.75 Å². The van der Waals surface area contributed by atoms with Gasteiger partial charge in [-0.1, -0.05) is 48.0 Å². The molecule has 3 aromatic carbocycles. The summed E-state index contributed by atoms with van der Waals surface area (Å²) in [5, 5.41) is 2.97. The van der Waals surface area contributed by atoms with Crippen LogP contribution in [-0.4, -0.2) is 16.2 Å². The van der Waals surface area contributed by atoms with Crippen LogP contribution in [0, 0.1) is 0 Å². The minimum atomic E-state index is 0.124. The number of hydrogen-bond acceptors (Lipinski definition) is 2. The van der Waals surface area contributed by atoms with Gasteiger partial charge in [0.05, 0.1) is 11.0 Å². The van der Waals surface area contributed by atoms with Crippen molar-refractivity contribution in [3.63, 3.8) is 0 Å². The number of nitrogens with zero attached hydrogens (tertiary/aromatic N) is 1. The van der Waals surface area contributed by atoms with Crippen LogP contribution < -0.4 is 0 Å². The van der Waals surface area contributed by atoms with Crippen molar-refractivity contribution in [3.8, 4) is 0 Å². The molecule has 25 heavy (non-hydrogen) atoms. The first-order chi connectivity index (χ1) is 12.2. The lowest BCUT2D eigenvalue weighted by Gasteiger charge is -2.06. The van der Waals surface area contributed by atoms with Crippen LogP contribution in [0.4, 0.5) is 0 Å². The summed E-state index contributed by atoms with van der Waals surface area (Å²) >= 11 is 7.58. The van der Waals surface area contributed by atoms with Crippen molar-refractivity contribution < 1.29 is 4.79 Å². The molecule has 0 bridgehead atoms. The maximum absolute atomic E-state index is 12.9. The van der Waals surface area contributed by atoms with Crippen LogP contribution in [-0.2, 0) is 0 Å². The number of halogens is 1. The lowest BCUT2D eigenvalue weighted by molar-refractivity contribution is 0.0920. The molecule has 0 aliphatic heterocycles. The number of thioether (sulfide) groups is 1. The monoisotopic (exact) mass is 365 g/mol. The van der Waals surface area contributed by atoms with E-state index in [1.807, 2.05) is 65.2 Å². The van der Waals surface area contributed by atoms with Crippen molar-refractivity contribution in [1.82, 2.24) is 4.57 Å². The summed E-state index contributed by atoms with van der Waals surface area (Å²) in [6.07, 6.45) is 0.482. The number of hydrogen-bond donors (Lipinski definition) is 0. The minimum Gasteiger partial charge on any atom is -0.280 e. The van der Waals surface area contributed by atoms with Gasteiger partial charge in [-0.25, -0.2) is 0 Å². The number of carbonyl (C=O) groups excluding carboxylic acids is 1. The number of para-hydroxylation sites is 2. The third kappa shape index (κ3) is 3.17. The second kappa shape index (κ2) is 6.95. The topological polar surface area (TPSA) is 22.0 Å². The number of benzene rings is 3. The zero-order chi connectivity index (χ0) is 17.2. The van der Waals surface area contributed by atoms with Crippen LogP contribution in [0.15, 0.2) is 77.7 Å². The molecule has 4 rings (SSSR count). The van der Waals surface area contributed by atoms with Crippen LogP contribution >= 0.6 is 23.4 Å². The molecule has 0 spiro atoms. The molecule has 4 heteroatoms. The van der Waals surface area contributed by atoms with Crippen LogP contribution in [0.2, 0.25) is 5.02 Å². The highest BCUT2D eigenvalue weighted by Gasteiger charge is 2.15. The fourth-order valence-electron chi connectivity index (χ4n) is 3.09. The second-order valence-corrected chi connectivity index (χ2v) is 7.42. The molecule has 0 unspecified atom stereocenters. The van der Waals surface area contributed by atoms with Gasteiger partial charge < -0.3 is 0 Å². The van der Waals surface area contributed by atoms with Crippen LogP contribution in [0.3, 0.4) is 0 Å². The summed E-state index contributed by atoms with van der Waals surface area (Å²) in [5.74, 6) is 0.861. The Morgan fingerprint density at radius 2 is 1.40 bits per heavy atom. The average Bonchev–Trinajstić information content (AvgIpc) is 2.98. The van der Waals surface area contributed by atoms with Crippen LogP contribution in [0.25, 0.3) is 21.8 Å². The maximum atomic E-state index is 12.9. The largest absolute Gasteiger partial charge is 0.280 e. The highest BCUT2D eigenvalue weighted by molar-refractivity contribution is 7.99. The molecule has 0 saturated carbocycles. The van der Waals surface area contributed by atoms with Gasteiger partial charge in [0.25, 0.3) is 0 Å². The molecule has 0 saturated heterocycles. The van der Waals surface area contributed by atoms with Crippen molar-refractivity contribution in [2.45, 2.75) is 11.3 Å². The SMILES string of the molecule is O=C(CCSc1ccc(Cl)cc1)n1c2ccccc2c2ccccc21. The van der Waals surface area contributed by atoms with E-state index in [1.54, 1.807) is 11.8 Å². The summed E-state index contributed by atoms with van der Waals surface area (Å²) in [6, 6.07) is 23.9. The summed E-state index contributed by atoms with van der Waals surface area (Å²) in [6.45, 7) is 0. The molecule has 124 valence electrons. The van der Waals surface area contributed by atoms with Crippen molar-refractivity contribution in [1.29, 1.82) is 0 Å². The van der Waals surface area contributed by atoms with Gasteiger partial charge in [-0.05, 0) is 36.4 Å². The van der Waals surface area contributed by atoms with Crippen LogP contribution in [0.1, 0.15) is 11.2 Å². The average molecular weight is 366 g/mol. The fraction of sp³-hybridized carbons (Fsp3) is 0.0952. The van der Waals surface area contributed by atoms with Crippen molar-refractivity contribution in [2.24, 2.45) is 0 Å². The smallest absolute Gasteiger partial charge is 0.232 e. The minimum absolute atomic E-state index is 0.124. The van der Waals surface area contributed by atoms with E-state index in [0.29, 0.717) is 6.42 Å². The highest BCUT2D eigenvalue weighted by Crippen LogP contribution is 2.29. The number of rotatable bonds is 4. The standard InChI is InChI=1S/C21H16ClNOS/c22-15-9-11-16(12-10-15)25-14-13-21(24)23-19-7-3-1-5-17(19)18-6-2-4-8-20(18)23/h1-12H,13-14H2. The predicted octanol–water partition coefficient (Wildman–Crippen LogP) is 6.27. The quantitative estimate of drug-likeness (QED) is 0.397. The van der Waals surface area contributed by atoms with Crippen molar-refractivity contribution in [3.05, 3.63) is 77.8 Å². The molecule has 0 aliphatic carbocycles. The molecule has 0 fully saturated rings. The van der Waals surface area contributed by atoms with Gasteiger partial charge in [0.2, 0.25) is 5.91 Å². The lowest BCUT2D eigenvalue weighted by Crippen LogP contribution is -2.10. The first-order valence-corrected chi connectivity index (χ1v) is 9.50. The van der Waals surface area contributed by atoms with Gasteiger partial charge in [0.1, 0.15) is 0 Å². The molecule has 0 N–H and O–H groups in total. The molecule has 1 heterocycles. The highest BCUT2D eigenvalue weighted by atomic mass is 35.5. The molecule has 4 aromatic rings. The van der Waals surface area contributed by atoms with Gasteiger partial charge in [0.15, 0.2) is 0 Å². The Kier molecular flexibility index (Phi) is 4.51. The number of fused-ring (bicyclic) bond motifs is 3. The molecule has 0 aliphatic rings. The Bertz CT molecular complexity index is 999. The summed E-state index contributed by atoms with van der Waals surface area (Å²) in [7, 11) is 0. The summed E-state index contributed by atoms with van der Waals surface area (Å²) in [5.41, 5.74) is 1.95. The molecule has 2 nitrogen and oxygen atoms in total. The third-order valence-electron chi connectivity index (χ3n) is 4.23. The zero-order valence-electron chi connectivity index (χ0n) is 13.5.